The fourth-order valence-electron chi connectivity index (χ4n) is 4.85. The van der Waals surface area contributed by atoms with Crippen LogP contribution < -0.4 is 10.6 Å². The van der Waals surface area contributed by atoms with E-state index in [1.165, 1.54) is 36.9 Å². The number of carbonyl (C=O) groups excluding carboxylic acids is 2. The van der Waals surface area contributed by atoms with Crippen molar-refractivity contribution < 1.29 is 27.9 Å². The van der Waals surface area contributed by atoms with Crippen molar-refractivity contribution in [3.8, 4) is 11.8 Å². The Morgan fingerprint density at radius 2 is 1.82 bits per heavy atom. The molecule has 0 aromatic heterocycles. The summed E-state index contributed by atoms with van der Waals surface area (Å²) in [4.78, 5) is 28.4. The molecule has 0 spiro atoms. The molecule has 0 saturated carbocycles. The maximum atomic E-state index is 14.7. The average molecular weight is 550 g/mol. The van der Waals surface area contributed by atoms with Crippen LogP contribution in [0.4, 0.5) is 18.9 Å². The highest BCUT2D eigenvalue weighted by atomic mass is 35.5. The second-order valence-electron chi connectivity index (χ2n) is 9.16. The maximum absolute atomic E-state index is 14.7. The number of aliphatic hydroxyl groups is 1. The van der Waals surface area contributed by atoms with Gasteiger partial charge in [0.2, 0.25) is 5.91 Å². The zero-order chi connectivity index (χ0) is 28.4. The summed E-state index contributed by atoms with van der Waals surface area (Å²) in [6.45, 7) is 8.39. The van der Waals surface area contributed by atoms with Crippen molar-refractivity contribution in [2.24, 2.45) is 5.73 Å². The van der Waals surface area contributed by atoms with E-state index in [1.54, 1.807) is 6.07 Å². The average Bonchev–Trinajstić information content (AvgIpc) is 3.06. The smallest absolute Gasteiger partial charge is 0.372 e. The third kappa shape index (κ3) is 5.26. The van der Waals surface area contributed by atoms with Gasteiger partial charge in [-0.1, -0.05) is 55.5 Å². The van der Waals surface area contributed by atoms with Crippen LogP contribution in [0.3, 0.4) is 0 Å². The van der Waals surface area contributed by atoms with E-state index in [2.05, 4.69) is 11.8 Å². The molecule has 2 amide bonds. The maximum Gasteiger partial charge on any atom is 0.417 e. The number of halogens is 4. The van der Waals surface area contributed by atoms with E-state index in [0.29, 0.717) is 19.6 Å². The molecule has 1 aliphatic heterocycles. The number of carbonyl (C=O) groups is 2. The first kappa shape index (κ1) is 29.5. The summed E-state index contributed by atoms with van der Waals surface area (Å²) in [6.07, 6.45) is -4.82. The van der Waals surface area contributed by atoms with E-state index in [-0.39, 0.29) is 52.4 Å². The molecule has 2 aromatic rings. The number of hydrogen-bond acceptors (Lipinski definition) is 4. The molecule has 3 N–H and O–H groups in total. The molecule has 1 atom stereocenters. The van der Waals surface area contributed by atoms with E-state index in [4.69, 9.17) is 17.3 Å². The number of primary amides is 1. The number of hydrogen-bond donors (Lipinski definition) is 2. The van der Waals surface area contributed by atoms with E-state index in [0.717, 1.165) is 0 Å². The molecule has 0 fully saturated rings. The Bertz CT molecular complexity index is 1310. The van der Waals surface area contributed by atoms with E-state index in [1.807, 2.05) is 18.7 Å². The van der Waals surface area contributed by atoms with Crippen molar-refractivity contribution in [3.05, 3.63) is 62.7 Å². The fraction of sp³-hybridized carbons (Fsp3) is 0.429. The number of rotatable bonds is 8. The van der Waals surface area contributed by atoms with Crippen molar-refractivity contribution in [1.29, 1.82) is 0 Å². The topological polar surface area (TPSA) is 86.9 Å². The number of likely N-dealkylation sites (N-methyl/N-ethyl adjacent to an activating group) is 1. The minimum Gasteiger partial charge on any atom is -0.372 e. The zero-order valence-corrected chi connectivity index (χ0v) is 22.6. The van der Waals surface area contributed by atoms with Crippen molar-refractivity contribution in [3.63, 3.8) is 0 Å². The zero-order valence-electron chi connectivity index (χ0n) is 21.8. The van der Waals surface area contributed by atoms with Gasteiger partial charge in [-0.15, -0.1) is 0 Å². The Kier molecular flexibility index (Phi) is 8.82. The molecular weight excluding hydrogens is 519 g/mol. The summed E-state index contributed by atoms with van der Waals surface area (Å²) >= 11 is 6.36. The molecule has 3 rings (SSSR count). The molecule has 0 saturated heterocycles. The predicted molar refractivity (Wildman–Crippen MR) is 141 cm³/mol. The molecule has 0 bridgehead atoms. The van der Waals surface area contributed by atoms with Crippen LogP contribution in [-0.4, -0.2) is 48.0 Å². The van der Waals surface area contributed by atoms with Crippen LogP contribution in [0.1, 0.15) is 60.1 Å². The summed E-state index contributed by atoms with van der Waals surface area (Å²) in [5.74, 6) is 4.19. The van der Waals surface area contributed by atoms with Gasteiger partial charge < -0.3 is 20.6 Å². The van der Waals surface area contributed by atoms with Crippen LogP contribution in [0.2, 0.25) is 5.02 Å². The Morgan fingerprint density at radius 3 is 2.37 bits per heavy atom. The highest BCUT2D eigenvalue weighted by molar-refractivity contribution is 6.32. The Hall–Kier alpha value is -3.06. The van der Waals surface area contributed by atoms with E-state index in [9.17, 15) is 27.9 Å². The Morgan fingerprint density at radius 1 is 1.18 bits per heavy atom. The second-order valence-corrected chi connectivity index (χ2v) is 9.57. The highest BCUT2D eigenvalue weighted by Crippen LogP contribution is 2.54. The van der Waals surface area contributed by atoms with Crippen molar-refractivity contribution >= 4 is 29.1 Å². The predicted octanol–water partition coefficient (Wildman–Crippen LogP) is 4.52. The number of fused-ring (bicyclic) bond motifs is 1. The molecule has 1 heterocycles. The van der Waals surface area contributed by atoms with Gasteiger partial charge in [-0.3, -0.25) is 9.59 Å². The Labute approximate surface area is 225 Å². The number of nitrogens with two attached hydrogens (primary N) is 1. The molecular formula is C28H31ClF3N3O3. The van der Waals surface area contributed by atoms with Gasteiger partial charge in [-0.25, -0.2) is 0 Å². The summed E-state index contributed by atoms with van der Waals surface area (Å²) in [5.41, 5.74) is 0.870. The Balaban J connectivity index is 2.43. The lowest BCUT2D eigenvalue weighted by atomic mass is 9.80. The molecule has 1 aliphatic rings. The monoisotopic (exact) mass is 549 g/mol. The molecule has 6 nitrogen and oxygen atoms in total. The van der Waals surface area contributed by atoms with Gasteiger partial charge in [0.25, 0.3) is 5.91 Å². The van der Waals surface area contributed by atoms with Gasteiger partial charge in [0, 0.05) is 42.1 Å². The lowest BCUT2D eigenvalue weighted by Gasteiger charge is -2.27. The quantitative estimate of drug-likeness (QED) is 0.474. The number of nitrogens with zero attached hydrogens (tertiary/aromatic N) is 2. The molecule has 1 unspecified atom stereocenters. The van der Waals surface area contributed by atoms with E-state index >= 15 is 0 Å². The lowest BCUT2D eigenvalue weighted by molar-refractivity contribution is -0.142. The van der Waals surface area contributed by atoms with Crippen LogP contribution in [0.5, 0.6) is 0 Å². The van der Waals surface area contributed by atoms with Crippen LogP contribution in [0.15, 0.2) is 24.3 Å². The van der Waals surface area contributed by atoms with Crippen molar-refractivity contribution in [2.75, 3.05) is 31.1 Å². The summed E-state index contributed by atoms with van der Waals surface area (Å²) in [7, 11) is 0. The van der Waals surface area contributed by atoms with Gasteiger partial charge in [-0.05, 0) is 44.1 Å². The number of amides is 2. The summed E-state index contributed by atoms with van der Waals surface area (Å²) in [5, 5.41) is 12.0. The SMILES string of the molecule is CCN(CC)CCN1C(=O)C(O)(c2ccccc2Cl)c2c1c(C#CCCC(N)=O)c(C)c(C)c2C(F)(F)F. The third-order valence-corrected chi connectivity index (χ3v) is 7.34. The van der Waals surface area contributed by atoms with Crippen LogP contribution in [-0.2, 0) is 21.4 Å². The second kappa shape index (κ2) is 11.4. The minimum atomic E-state index is -4.89. The number of anilines is 1. The third-order valence-electron chi connectivity index (χ3n) is 7.01. The number of alkyl halides is 3. The van der Waals surface area contributed by atoms with Crippen molar-refractivity contribution in [2.45, 2.75) is 52.3 Å². The summed E-state index contributed by atoms with van der Waals surface area (Å²) in [6, 6.07) is 5.84. The van der Waals surface area contributed by atoms with Gasteiger partial charge in [0.1, 0.15) is 0 Å². The van der Waals surface area contributed by atoms with Gasteiger partial charge in [-0.2, -0.15) is 13.2 Å². The number of benzene rings is 2. The molecule has 2 aromatic carbocycles. The first-order valence-corrected chi connectivity index (χ1v) is 12.7. The fourth-order valence-corrected chi connectivity index (χ4v) is 5.12. The molecule has 38 heavy (non-hydrogen) atoms. The van der Waals surface area contributed by atoms with Crippen LogP contribution in [0.25, 0.3) is 0 Å². The minimum absolute atomic E-state index is 0.0238. The molecule has 204 valence electrons. The first-order chi connectivity index (χ1) is 17.8. The van der Waals surface area contributed by atoms with Crippen LogP contribution >= 0.6 is 11.6 Å². The first-order valence-electron chi connectivity index (χ1n) is 12.3. The van der Waals surface area contributed by atoms with Gasteiger partial charge in [0.15, 0.2) is 5.60 Å². The van der Waals surface area contributed by atoms with E-state index < -0.39 is 34.7 Å². The highest BCUT2D eigenvalue weighted by Gasteiger charge is 2.58. The lowest BCUT2D eigenvalue weighted by Crippen LogP contribution is -2.44. The van der Waals surface area contributed by atoms with Crippen molar-refractivity contribution in [1.82, 2.24) is 4.90 Å². The largest absolute Gasteiger partial charge is 0.417 e. The molecule has 0 radical (unpaired) electrons. The van der Waals surface area contributed by atoms with Gasteiger partial charge in [0.05, 0.1) is 16.8 Å². The standard InChI is InChI=1S/C28H31ClF3N3O3/c1-5-34(6-2)15-16-35-25-19(11-7-10-14-22(33)36)17(3)18(4)23(28(30,31)32)24(25)27(38,26(35)37)20-12-8-9-13-21(20)29/h8-9,12-13,38H,5-6,10,14-16H2,1-4H3,(H2,33,36). The normalized spacial score (nSPS) is 17.0. The molecule has 10 heteroatoms. The summed E-state index contributed by atoms with van der Waals surface area (Å²) < 4.78 is 44.0. The van der Waals surface area contributed by atoms with Crippen LogP contribution in [0, 0.1) is 25.7 Å². The molecule has 0 aliphatic carbocycles. The van der Waals surface area contributed by atoms with Gasteiger partial charge >= 0.3 is 6.18 Å².